The van der Waals surface area contributed by atoms with Gasteiger partial charge < -0.3 is 5.32 Å². The molecular formula is C11H21N3. The number of rotatable bonds is 6. The smallest absolute Gasteiger partial charge is 0.0625 e. The lowest BCUT2D eigenvalue weighted by Crippen LogP contribution is -2.16. The van der Waals surface area contributed by atoms with Crippen LogP contribution < -0.4 is 5.32 Å². The van der Waals surface area contributed by atoms with Crippen molar-refractivity contribution in [1.82, 2.24) is 15.1 Å². The summed E-state index contributed by atoms with van der Waals surface area (Å²) < 4.78 is 1.97. The largest absolute Gasteiger partial charge is 0.311 e. The van der Waals surface area contributed by atoms with Gasteiger partial charge in [0.1, 0.15) is 0 Å². The lowest BCUT2D eigenvalue weighted by Gasteiger charge is -2.03. The number of hydrogen-bond donors (Lipinski definition) is 1. The molecule has 1 rings (SSSR count). The zero-order chi connectivity index (χ0) is 10.4. The van der Waals surface area contributed by atoms with Crippen LogP contribution >= 0.6 is 0 Å². The van der Waals surface area contributed by atoms with E-state index in [0.29, 0.717) is 0 Å². The lowest BCUT2D eigenvalue weighted by atomic mass is 10.3. The van der Waals surface area contributed by atoms with Gasteiger partial charge in [-0.25, -0.2) is 0 Å². The van der Waals surface area contributed by atoms with Crippen molar-refractivity contribution in [2.45, 2.75) is 39.7 Å². The van der Waals surface area contributed by atoms with Gasteiger partial charge in [-0.1, -0.05) is 20.3 Å². The maximum absolute atomic E-state index is 4.40. The van der Waals surface area contributed by atoms with Gasteiger partial charge >= 0.3 is 0 Å². The molecule has 0 bridgehead atoms. The molecule has 3 heteroatoms. The molecule has 1 aromatic heterocycles. The summed E-state index contributed by atoms with van der Waals surface area (Å²) in [6.45, 7) is 6.38. The first-order valence-corrected chi connectivity index (χ1v) is 5.50. The van der Waals surface area contributed by atoms with Gasteiger partial charge in [-0.3, -0.25) is 4.68 Å². The van der Waals surface area contributed by atoms with Crippen LogP contribution in [0.1, 0.15) is 38.1 Å². The first-order chi connectivity index (χ1) is 6.77. The van der Waals surface area contributed by atoms with Crippen molar-refractivity contribution < 1.29 is 0 Å². The van der Waals surface area contributed by atoms with E-state index in [0.717, 1.165) is 19.5 Å². The predicted octanol–water partition coefficient (Wildman–Crippen LogP) is 1.87. The number of nitrogens with one attached hydrogen (secondary N) is 1. The second-order valence-corrected chi connectivity index (χ2v) is 3.63. The van der Waals surface area contributed by atoms with Gasteiger partial charge in [-0.15, -0.1) is 0 Å². The molecule has 0 aromatic carbocycles. The van der Waals surface area contributed by atoms with Crippen LogP contribution in [0.2, 0.25) is 0 Å². The van der Waals surface area contributed by atoms with Crippen LogP contribution in [0.3, 0.4) is 0 Å². The van der Waals surface area contributed by atoms with Gasteiger partial charge in [-0.05, 0) is 25.5 Å². The van der Waals surface area contributed by atoms with Crippen molar-refractivity contribution in [1.29, 1.82) is 0 Å². The van der Waals surface area contributed by atoms with E-state index in [-0.39, 0.29) is 0 Å². The van der Waals surface area contributed by atoms with Crippen molar-refractivity contribution in [3.05, 3.63) is 17.5 Å². The summed E-state index contributed by atoms with van der Waals surface area (Å²) in [6.07, 6.45) is 3.51. The van der Waals surface area contributed by atoms with Gasteiger partial charge in [0.15, 0.2) is 0 Å². The van der Waals surface area contributed by atoms with Gasteiger partial charge in [0.25, 0.3) is 0 Å². The Morgan fingerprint density at radius 1 is 1.43 bits per heavy atom. The van der Waals surface area contributed by atoms with E-state index in [9.17, 15) is 0 Å². The second-order valence-electron chi connectivity index (χ2n) is 3.63. The summed E-state index contributed by atoms with van der Waals surface area (Å²) in [4.78, 5) is 0. The molecule has 0 aliphatic heterocycles. The summed E-state index contributed by atoms with van der Waals surface area (Å²) in [7, 11) is 2.01. The third-order valence-electron chi connectivity index (χ3n) is 2.40. The Morgan fingerprint density at radius 3 is 2.79 bits per heavy atom. The molecule has 14 heavy (non-hydrogen) atoms. The molecule has 0 aliphatic rings. The Morgan fingerprint density at radius 2 is 2.21 bits per heavy atom. The molecule has 0 unspecified atom stereocenters. The van der Waals surface area contributed by atoms with E-state index in [1.165, 1.54) is 24.2 Å². The number of nitrogens with zero attached hydrogens (tertiary/aromatic N) is 2. The van der Waals surface area contributed by atoms with E-state index in [2.05, 4.69) is 30.3 Å². The Balaban J connectivity index is 2.38. The summed E-state index contributed by atoms with van der Waals surface area (Å²) in [6, 6.07) is 2.18. The van der Waals surface area contributed by atoms with E-state index in [4.69, 9.17) is 0 Å². The molecule has 0 atom stereocenters. The molecule has 1 N–H and O–H groups in total. The minimum Gasteiger partial charge on any atom is -0.311 e. The molecule has 0 saturated carbocycles. The van der Waals surface area contributed by atoms with Crippen LogP contribution in [0.15, 0.2) is 6.07 Å². The van der Waals surface area contributed by atoms with E-state index < -0.39 is 0 Å². The van der Waals surface area contributed by atoms with E-state index in [1.54, 1.807) is 0 Å². The molecule has 80 valence electrons. The molecule has 0 amide bonds. The highest BCUT2D eigenvalue weighted by molar-refractivity contribution is 5.09. The van der Waals surface area contributed by atoms with Crippen molar-refractivity contribution >= 4 is 0 Å². The van der Waals surface area contributed by atoms with Crippen LogP contribution in [-0.2, 0) is 20.0 Å². The quantitative estimate of drug-likeness (QED) is 0.702. The average Bonchev–Trinajstić information content (AvgIpc) is 2.54. The SMILES string of the molecule is CCCCNCc1cc(CC)nn1C. The van der Waals surface area contributed by atoms with Crippen molar-refractivity contribution in [2.24, 2.45) is 7.05 Å². The molecule has 3 nitrogen and oxygen atoms in total. The van der Waals surface area contributed by atoms with Gasteiger partial charge in [0.05, 0.1) is 11.4 Å². The third kappa shape index (κ3) is 3.14. The maximum atomic E-state index is 4.40. The van der Waals surface area contributed by atoms with Crippen LogP contribution in [-0.4, -0.2) is 16.3 Å². The molecule has 1 aromatic rings. The van der Waals surface area contributed by atoms with Crippen LogP contribution in [0, 0.1) is 0 Å². The predicted molar refractivity (Wildman–Crippen MR) is 59.2 cm³/mol. The lowest BCUT2D eigenvalue weighted by molar-refractivity contribution is 0.601. The number of aryl methyl sites for hydroxylation is 2. The van der Waals surface area contributed by atoms with Crippen LogP contribution in [0.4, 0.5) is 0 Å². The number of aromatic nitrogens is 2. The fourth-order valence-electron chi connectivity index (χ4n) is 1.43. The topological polar surface area (TPSA) is 29.9 Å². The Kier molecular flexibility index (Phi) is 4.66. The highest BCUT2D eigenvalue weighted by Crippen LogP contribution is 2.03. The second kappa shape index (κ2) is 5.81. The standard InChI is InChI=1S/C11H21N3/c1-4-6-7-12-9-11-8-10(5-2)13-14(11)3/h8,12H,4-7,9H2,1-3H3. The molecule has 0 spiro atoms. The summed E-state index contributed by atoms with van der Waals surface area (Å²) >= 11 is 0. The summed E-state index contributed by atoms with van der Waals surface area (Å²) in [5.74, 6) is 0. The number of unbranched alkanes of at least 4 members (excludes halogenated alkanes) is 1. The first kappa shape index (κ1) is 11.2. The summed E-state index contributed by atoms with van der Waals surface area (Å²) in [5.41, 5.74) is 2.46. The van der Waals surface area contributed by atoms with Gasteiger partial charge in [0.2, 0.25) is 0 Å². The maximum Gasteiger partial charge on any atom is 0.0625 e. The monoisotopic (exact) mass is 195 g/mol. The van der Waals surface area contributed by atoms with Crippen molar-refractivity contribution in [3.8, 4) is 0 Å². The van der Waals surface area contributed by atoms with E-state index in [1.807, 2.05) is 11.7 Å². The fraction of sp³-hybridized carbons (Fsp3) is 0.727. The van der Waals surface area contributed by atoms with Crippen LogP contribution in [0.5, 0.6) is 0 Å². The Bertz CT molecular complexity index is 265. The van der Waals surface area contributed by atoms with Crippen LogP contribution in [0.25, 0.3) is 0 Å². The first-order valence-electron chi connectivity index (χ1n) is 5.50. The molecule has 0 radical (unpaired) electrons. The zero-order valence-electron chi connectivity index (χ0n) is 9.51. The minimum atomic E-state index is 0.934. The molecule has 0 fully saturated rings. The third-order valence-corrected chi connectivity index (χ3v) is 2.40. The van der Waals surface area contributed by atoms with Crippen molar-refractivity contribution in [3.63, 3.8) is 0 Å². The average molecular weight is 195 g/mol. The Labute approximate surface area is 86.5 Å². The molecular weight excluding hydrogens is 174 g/mol. The summed E-state index contributed by atoms with van der Waals surface area (Å²) in [5, 5.41) is 7.82. The zero-order valence-corrected chi connectivity index (χ0v) is 9.51. The highest BCUT2D eigenvalue weighted by atomic mass is 15.3. The normalized spacial score (nSPS) is 10.8. The van der Waals surface area contributed by atoms with Crippen molar-refractivity contribution in [2.75, 3.05) is 6.54 Å². The highest BCUT2D eigenvalue weighted by Gasteiger charge is 2.02. The Hall–Kier alpha value is -0.830. The van der Waals surface area contributed by atoms with E-state index >= 15 is 0 Å². The molecule has 1 heterocycles. The molecule has 0 saturated heterocycles. The minimum absolute atomic E-state index is 0.934. The number of hydrogen-bond acceptors (Lipinski definition) is 2. The molecule has 0 aliphatic carbocycles. The van der Waals surface area contributed by atoms with Gasteiger partial charge in [-0.2, -0.15) is 5.10 Å². The van der Waals surface area contributed by atoms with Gasteiger partial charge in [0, 0.05) is 13.6 Å². The fourth-order valence-corrected chi connectivity index (χ4v) is 1.43.